The second-order valence-electron chi connectivity index (χ2n) is 6.67. The summed E-state index contributed by atoms with van der Waals surface area (Å²) in [7, 11) is 1.67. The number of methoxy groups -OCH3 is 1. The molecule has 1 amide bonds. The molecule has 2 heterocycles. The van der Waals surface area contributed by atoms with Crippen LogP contribution in [-0.2, 0) is 12.8 Å². The number of hydrogen-bond acceptors (Lipinski definition) is 3. The Balaban J connectivity index is 1.60. The summed E-state index contributed by atoms with van der Waals surface area (Å²) in [5.74, 6) is 0.920. The van der Waals surface area contributed by atoms with Gasteiger partial charge in [0.05, 0.1) is 13.2 Å². The number of carbonyl (C=O) groups excluding carboxylic acids is 1. The van der Waals surface area contributed by atoms with Crippen LogP contribution in [-0.4, -0.2) is 34.7 Å². The summed E-state index contributed by atoms with van der Waals surface area (Å²) in [5, 5.41) is 7.45. The molecule has 1 unspecified atom stereocenters. The highest BCUT2D eigenvalue weighted by molar-refractivity contribution is 5.94. The van der Waals surface area contributed by atoms with Crippen LogP contribution in [0, 0.1) is 0 Å². The van der Waals surface area contributed by atoms with Crippen LogP contribution >= 0.6 is 0 Å². The van der Waals surface area contributed by atoms with E-state index in [2.05, 4.69) is 22.3 Å². The molecular weight excluding hydrogens is 302 g/mol. The van der Waals surface area contributed by atoms with Gasteiger partial charge in [0.1, 0.15) is 5.75 Å². The van der Waals surface area contributed by atoms with Crippen LogP contribution in [0.5, 0.6) is 5.75 Å². The summed E-state index contributed by atoms with van der Waals surface area (Å²) in [6.07, 6.45) is 6.35. The highest BCUT2D eigenvalue weighted by atomic mass is 16.5. The Kier molecular flexibility index (Phi) is 4.00. The first-order chi connectivity index (χ1) is 11.8. The Labute approximate surface area is 142 Å². The average Bonchev–Trinajstić information content (AvgIpc) is 3.28. The SMILES string of the molecule is COc1ccc(C2CCCN2C(=O)c2n[nH]c3c2CCCC3)cc1. The van der Waals surface area contributed by atoms with Crippen molar-refractivity contribution >= 4 is 5.91 Å². The number of nitrogens with one attached hydrogen (secondary N) is 1. The van der Waals surface area contributed by atoms with Crippen LogP contribution in [0.1, 0.15) is 59.0 Å². The Hall–Kier alpha value is -2.30. The van der Waals surface area contributed by atoms with E-state index in [1.54, 1.807) is 7.11 Å². The smallest absolute Gasteiger partial charge is 0.275 e. The minimum absolute atomic E-state index is 0.0766. The van der Waals surface area contributed by atoms with Crippen molar-refractivity contribution < 1.29 is 9.53 Å². The number of amides is 1. The zero-order chi connectivity index (χ0) is 16.5. The normalized spacial score (nSPS) is 20.0. The molecule has 0 radical (unpaired) electrons. The van der Waals surface area contributed by atoms with E-state index in [1.165, 1.54) is 12.0 Å². The summed E-state index contributed by atoms with van der Waals surface area (Å²) in [6.45, 7) is 0.803. The maximum absolute atomic E-state index is 13.1. The number of nitrogens with zero attached hydrogens (tertiary/aromatic N) is 2. The second-order valence-corrected chi connectivity index (χ2v) is 6.67. The zero-order valence-corrected chi connectivity index (χ0v) is 14.0. The standard InChI is InChI=1S/C19H23N3O2/c1-24-14-10-8-13(9-11-14)17-7-4-12-22(17)19(23)18-15-5-2-3-6-16(15)20-21-18/h8-11,17H,2-7,12H2,1H3,(H,20,21). The number of fused-ring (bicyclic) bond motifs is 1. The fourth-order valence-corrected chi connectivity index (χ4v) is 3.98. The zero-order valence-electron chi connectivity index (χ0n) is 14.0. The highest BCUT2D eigenvalue weighted by Gasteiger charge is 2.33. The molecule has 5 nitrogen and oxygen atoms in total. The van der Waals surface area contributed by atoms with Gasteiger partial charge in [-0.2, -0.15) is 5.10 Å². The number of aryl methyl sites for hydroxylation is 1. The molecule has 0 spiro atoms. The summed E-state index contributed by atoms with van der Waals surface area (Å²) in [5.41, 5.74) is 4.12. The minimum atomic E-state index is 0.0766. The first-order valence-electron chi connectivity index (χ1n) is 8.79. The molecule has 126 valence electrons. The molecular formula is C19H23N3O2. The summed E-state index contributed by atoms with van der Waals surface area (Å²) >= 11 is 0. The van der Waals surface area contributed by atoms with Gasteiger partial charge in [0.15, 0.2) is 5.69 Å². The number of benzene rings is 1. The van der Waals surface area contributed by atoms with Gasteiger partial charge in [0.2, 0.25) is 0 Å². The molecule has 1 atom stereocenters. The topological polar surface area (TPSA) is 58.2 Å². The van der Waals surface area contributed by atoms with E-state index >= 15 is 0 Å². The van der Waals surface area contributed by atoms with E-state index in [-0.39, 0.29) is 11.9 Å². The number of hydrogen-bond donors (Lipinski definition) is 1. The fraction of sp³-hybridized carbons (Fsp3) is 0.474. The number of H-pyrrole nitrogens is 1. The van der Waals surface area contributed by atoms with Gasteiger partial charge >= 0.3 is 0 Å². The minimum Gasteiger partial charge on any atom is -0.497 e. The third-order valence-corrected chi connectivity index (χ3v) is 5.27. The predicted molar refractivity (Wildman–Crippen MR) is 91.2 cm³/mol. The Morgan fingerprint density at radius 2 is 2.00 bits per heavy atom. The van der Waals surface area contributed by atoms with Crippen molar-refractivity contribution in [2.45, 2.75) is 44.6 Å². The monoisotopic (exact) mass is 325 g/mol. The molecule has 1 aromatic carbocycles. The summed E-state index contributed by atoms with van der Waals surface area (Å²) < 4.78 is 5.23. The Bertz CT molecular complexity index is 736. The molecule has 1 aromatic heterocycles. The lowest BCUT2D eigenvalue weighted by Gasteiger charge is -2.25. The van der Waals surface area contributed by atoms with Crippen molar-refractivity contribution in [3.8, 4) is 5.75 Å². The molecule has 2 aromatic rings. The first kappa shape index (κ1) is 15.2. The van der Waals surface area contributed by atoms with E-state index < -0.39 is 0 Å². The van der Waals surface area contributed by atoms with Crippen LogP contribution in [0.3, 0.4) is 0 Å². The molecule has 1 saturated heterocycles. The van der Waals surface area contributed by atoms with Gasteiger partial charge in [-0.05, 0) is 56.2 Å². The van der Waals surface area contributed by atoms with Gasteiger partial charge in [-0.15, -0.1) is 0 Å². The molecule has 0 bridgehead atoms. The third-order valence-electron chi connectivity index (χ3n) is 5.27. The molecule has 1 aliphatic heterocycles. The molecule has 2 aliphatic rings. The lowest BCUT2D eigenvalue weighted by Crippen LogP contribution is -2.31. The second kappa shape index (κ2) is 6.30. The number of aromatic amines is 1. The third kappa shape index (κ3) is 2.58. The van der Waals surface area contributed by atoms with Crippen LogP contribution in [0.15, 0.2) is 24.3 Å². The molecule has 4 rings (SSSR count). The molecule has 5 heteroatoms. The first-order valence-corrected chi connectivity index (χ1v) is 8.79. The van der Waals surface area contributed by atoms with E-state index in [0.29, 0.717) is 5.69 Å². The Morgan fingerprint density at radius 3 is 2.79 bits per heavy atom. The van der Waals surface area contributed by atoms with Gasteiger partial charge in [-0.3, -0.25) is 9.89 Å². The van der Waals surface area contributed by atoms with Crippen molar-refractivity contribution in [3.63, 3.8) is 0 Å². The maximum Gasteiger partial charge on any atom is 0.275 e. The fourth-order valence-electron chi connectivity index (χ4n) is 3.98. The van der Waals surface area contributed by atoms with Crippen molar-refractivity contribution in [1.82, 2.24) is 15.1 Å². The van der Waals surface area contributed by atoms with Crippen molar-refractivity contribution in [3.05, 3.63) is 46.8 Å². The number of ether oxygens (including phenoxy) is 1. The van der Waals surface area contributed by atoms with Gasteiger partial charge < -0.3 is 9.64 Å². The number of rotatable bonds is 3. The van der Waals surface area contributed by atoms with Crippen molar-refractivity contribution in [2.24, 2.45) is 0 Å². The molecule has 0 saturated carbocycles. The van der Waals surface area contributed by atoms with Crippen LogP contribution in [0.2, 0.25) is 0 Å². The maximum atomic E-state index is 13.1. The van der Waals surface area contributed by atoms with Crippen molar-refractivity contribution in [2.75, 3.05) is 13.7 Å². The largest absolute Gasteiger partial charge is 0.497 e. The van der Waals surface area contributed by atoms with Gasteiger partial charge in [0, 0.05) is 17.8 Å². The summed E-state index contributed by atoms with van der Waals surface area (Å²) in [4.78, 5) is 15.1. The summed E-state index contributed by atoms with van der Waals surface area (Å²) in [6, 6.07) is 8.20. The van der Waals surface area contributed by atoms with E-state index in [1.807, 2.05) is 17.0 Å². The van der Waals surface area contributed by atoms with Crippen molar-refractivity contribution in [1.29, 1.82) is 0 Å². The van der Waals surface area contributed by atoms with E-state index in [4.69, 9.17) is 4.74 Å². The van der Waals surface area contributed by atoms with Gasteiger partial charge in [0.25, 0.3) is 5.91 Å². The predicted octanol–water partition coefficient (Wildman–Crippen LogP) is 3.27. The Morgan fingerprint density at radius 1 is 1.21 bits per heavy atom. The number of aromatic nitrogens is 2. The van der Waals surface area contributed by atoms with Crippen LogP contribution in [0.25, 0.3) is 0 Å². The molecule has 24 heavy (non-hydrogen) atoms. The van der Waals surface area contributed by atoms with Crippen LogP contribution in [0.4, 0.5) is 0 Å². The van der Waals surface area contributed by atoms with E-state index in [9.17, 15) is 4.79 Å². The van der Waals surface area contributed by atoms with E-state index in [0.717, 1.165) is 55.7 Å². The number of likely N-dealkylation sites (tertiary alicyclic amines) is 1. The molecule has 1 fully saturated rings. The van der Waals surface area contributed by atoms with Crippen LogP contribution < -0.4 is 4.74 Å². The highest BCUT2D eigenvalue weighted by Crippen LogP contribution is 2.34. The van der Waals surface area contributed by atoms with Gasteiger partial charge in [-0.25, -0.2) is 0 Å². The molecule has 1 aliphatic carbocycles. The molecule has 1 N–H and O–H groups in total. The lowest BCUT2D eigenvalue weighted by molar-refractivity contribution is 0.0728. The quantitative estimate of drug-likeness (QED) is 0.942. The average molecular weight is 325 g/mol. The van der Waals surface area contributed by atoms with Gasteiger partial charge in [-0.1, -0.05) is 12.1 Å². The lowest BCUT2D eigenvalue weighted by atomic mass is 9.95. The number of carbonyl (C=O) groups is 1.